The molecule has 0 N–H and O–H groups in total. The van der Waals surface area contributed by atoms with Gasteiger partial charge in [0.2, 0.25) is 0 Å². The molecule has 0 atom stereocenters. The third-order valence-electron chi connectivity index (χ3n) is 6.14. The number of methoxy groups -OCH3 is 1. The van der Waals surface area contributed by atoms with Crippen molar-refractivity contribution in [1.82, 2.24) is 29.6 Å². The van der Waals surface area contributed by atoms with Gasteiger partial charge in [0, 0.05) is 51.4 Å². The zero-order chi connectivity index (χ0) is 22.7. The van der Waals surface area contributed by atoms with E-state index in [9.17, 15) is 4.79 Å². The number of anilines is 1. The number of rotatable bonds is 7. The second-order valence-electron chi connectivity index (χ2n) is 8.60. The van der Waals surface area contributed by atoms with Crippen molar-refractivity contribution in [2.45, 2.75) is 38.6 Å². The van der Waals surface area contributed by atoms with E-state index in [0.29, 0.717) is 37.2 Å². The Bertz CT molecular complexity index is 1060. The monoisotopic (exact) mass is 437 g/mol. The lowest BCUT2D eigenvalue weighted by molar-refractivity contribution is 0.0711. The summed E-state index contributed by atoms with van der Waals surface area (Å²) in [5.41, 5.74) is 3.67. The Kier molecular flexibility index (Phi) is 6.64. The van der Waals surface area contributed by atoms with Crippen molar-refractivity contribution >= 4 is 22.8 Å². The third kappa shape index (κ3) is 4.43. The summed E-state index contributed by atoms with van der Waals surface area (Å²) in [4.78, 5) is 26.5. The van der Waals surface area contributed by atoms with Crippen LogP contribution in [-0.2, 0) is 4.74 Å². The number of imidazole rings is 1. The first-order valence-corrected chi connectivity index (χ1v) is 11.1. The number of carbonyl (C=O) groups is 1. The highest BCUT2D eigenvalue weighted by Crippen LogP contribution is 2.33. The van der Waals surface area contributed by atoms with Crippen molar-refractivity contribution in [3.05, 3.63) is 42.1 Å². The maximum atomic E-state index is 12.8. The highest BCUT2D eigenvalue weighted by molar-refractivity contribution is 5.93. The van der Waals surface area contributed by atoms with Crippen LogP contribution in [0.5, 0.6) is 0 Å². The predicted octanol–water partition coefficient (Wildman–Crippen LogP) is 2.90. The van der Waals surface area contributed by atoms with Gasteiger partial charge in [0.05, 0.1) is 36.4 Å². The van der Waals surface area contributed by atoms with E-state index in [4.69, 9.17) is 9.72 Å². The van der Waals surface area contributed by atoms with Crippen LogP contribution >= 0.6 is 0 Å². The van der Waals surface area contributed by atoms with Gasteiger partial charge in [0.1, 0.15) is 5.52 Å². The minimum atomic E-state index is 0.0135. The van der Waals surface area contributed by atoms with Gasteiger partial charge in [0.25, 0.3) is 5.91 Å². The maximum absolute atomic E-state index is 12.8. The molecule has 1 aliphatic heterocycles. The summed E-state index contributed by atoms with van der Waals surface area (Å²) in [6.07, 6.45) is 6.73. The number of hydrogen-bond acceptors (Lipinski definition) is 7. The molecule has 32 heavy (non-hydrogen) atoms. The average molecular weight is 438 g/mol. The molecule has 3 aromatic rings. The number of hydrogen-bond donors (Lipinski definition) is 0. The van der Waals surface area contributed by atoms with Crippen LogP contribution in [0.1, 0.15) is 54.7 Å². The van der Waals surface area contributed by atoms with Gasteiger partial charge in [-0.2, -0.15) is 10.2 Å². The number of aromatic nitrogens is 5. The van der Waals surface area contributed by atoms with Crippen molar-refractivity contribution in [3.63, 3.8) is 0 Å². The first-order chi connectivity index (χ1) is 15.5. The molecule has 0 unspecified atom stereocenters. The molecule has 1 amide bonds. The summed E-state index contributed by atoms with van der Waals surface area (Å²) in [6, 6.07) is 4.21. The fraction of sp³-hybridized carbons (Fsp3) is 0.522. The lowest BCUT2D eigenvalue weighted by Crippen LogP contribution is -2.38. The highest BCUT2D eigenvalue weighted by Gasteiger charge is 2.27. The number of likely N-dealkylation sites (N-methyl/N-ethyl adjacent to an activating group) is 1. The molecule has 170 valence electrons. The summed E-state index contributed by atoms with van der Waals surface area (Å²) in [5, 5.41) is 7.58. The molecule has 4 rings (SSSR count). The van der Waals surface area contributed by atoms with Gasteiger partial charge in [-0.1, -0.05) is 0 Å². The molecule has 0 spiro atoms. The summed E-state index contributed by atoms with van der Waals surface area (Å²) in [6.45, 7) is 7.08. The third-order valence-corrected chi connectivity index (χ3v) is 6.14. The minimum absolute atomic E-state index is 0.0135. The normalized spacial score (nSPS) is 15.0. The molecule has 1 saturated heterocycles. The van der Waals surface area contributed by atoms with Crippen molar-refractivity contribution in [3.8, 4) is 0 Å². The van der Waals surface area contributed by atoms with E-state index in [0.717, 1.165) is 41.9 Å². The summed E-state index contributed by atoms with van der Waals surface area (Å²) < 4.78 is 7.46. The number of ether oxygens (including phenoxy) is 1. The Hall–Kier alpha value is -3.07. The van der Waals surface area contributed by atoms with E-state index in [2.05, 4.69) is 44.6 Å². The number of nitrogens with zero attached hydrogens (tertiary/aromatic N) is 7. The number of carbonyl (C=O) groups excluding carboxylic acids is 1. The second-order valence-corrected chi connectivity index (χ2v) is 8.60. The van der Waals surface area contributed by atoms with Gasteiger partial charge >= 0.3 is 0 Å². The Morgan fingerprint density at radius 2 is 2.06 bits per heavy atom. The molecule has 0 bridgehead atoms. The predicted molar refractivity (Wildman–Crippen MR) is 123 cm³/mol. The molecule has 1 aliphatic rings. The molecule has 3 aromatic heterocycles. The van der Waals surface area contributed by atoms with E-state index in [1.807, 2.05) is 18.3 Å². The van der Waals surface area contributed by atoms with Gasteiger partial charge in [-0.25, -0.2) is 9.97 Å². The molecule has 9 nitrogen and oxygen atoms in total. The maximum Gasteiger partial charge on any atom is 0.255 e. The van der Waals surface area contributed by atoms with Crippen LogP contribution in [0.25, 0.3) is 11.0 Å². The van der Waals surface area contributed by atoms with E-state index in [1.165, 1.54) is 6.20 Å². The van der Waals surface area contributed by atoms with Crippen LogP contribution in [-0.4, -0.2) is 75.9 Å². The first-order valence-electron chi connectivity index (χ1n) is 11.1. The lowest BCUT2D eigenvalue weighted by Gasteiger charge is -2.32. The fourth-order valence-corrected chi connectivity index (χ4v) is 4.23. The molecule has 0 radical (unpaired) electrons. The standard InChI is InChI=1S/C23H31N7O2/c1-16(2)30-15-24-21-20(30)13-19(27-22(21)28(3)11-12-32-4)17-6-9-29(10-7-17)23(31)18-5-8-25-26-14-18/h5,8,13-17H,6-7,9-12H2,1-4H3. The number of amides is 1. The Balaban J connectivity index is 1.58. The van der Waals surface area contributed by atoms with Crippen molar-refractivity contribution < 1.29 is 9.53 Å². The Morgan fingerprint density at radius 1 is 1.28 bits per heavy atom. The Labute approximate surface area is 188 Å². The lowest BCUT2D eigenvalue weighted by atomic mass is 9.92. The van der Waals surface area contributed by atoms with Crippen LogP contribution in [0.4, 0.5) is 5.82 Å². The molecule has 4 heterocycles. The molecule has 9 heteroatoms. The van der Waals surface area contributed by atoms with Crippen LogP contribution in [0.15, 0.2) is 30.9 Å². The van der Waals surface area contributed by atoms with Crippen LogP contribution in [0, 0.1) is 0 Å². The first kappa shape index (κ1) is 22.1. The van der Waals surface area contributed by atoms with Crippen molar-refractivity contribution in [2.75, 3.05) is 45.3 Å². The molecule has 0 aromatic carbocycles. The van der Waals surface area contributed by atoms with Crippen molar-refractivity contribution in [2.24, 2.45) is 0 Å². The zero-order valence-electron chi connectivity index (χ0n) is 19.2. The number of piperidine rings is 1. The van der Waals surface area contributed by atoms with E-state index >= 15 is 0 Å². The number of pyridine rings is 1. The molecule has 0 saturated carbocycles. The zero-order valence-corrected chi connectivity index (χ0v) is 19.2. The van der Waals surface area contributed by atoms with Gasteiger partial charge in [-0.3, -0.25) is 4.79 Å². The van der Waals surface area contributed by atoms with E-state index in [1.54, 1.807) is 19.4 Å². The van der Waals surface area contributed by atoms with Gasteiger partial charge in [0.15, 0.2) is 5.82 Å². The fourth-order valence-electron chi connectivity index (χ4n) is 4.23. The van der Waals surface area contributed by atoms with E-state index < -0.39 is 0 Å². The second kappa shape index (κ2) is 9.60. The summed E-state index contributed by atoms with van der Waals surface area (Å²) >= 11 is 0. The number of likely N-dealkylation sites (tertiary alicyclic amines) is 1. The highest BCUT2D eigenvalue weighted by atomic mass is 16.5. The molecular formula is C23H31N7O2. The molecule has 1 fully saturated rings. The number of fused-ring (bicyclic) bond motifs is 1. The van der Waals surface area contributed by atoms with Gasteiger partial charge in [-0.15, -0.1) is 0 Å². The van der Waals surface area contributed by atoms with Crippen LogP contribution in [0.2, 0.25) is 0 Å². The molecular weight excluding hydrogens is 406 g/mol. The van der Waals surface area contributed by atoms with Crippen LogP contribution < -0.4 is 4.90 Å². The van der Waals surface area contributed by atoms with Gasteiger partial charge in [-0.05, 0) is 38.8 Å². The summed E-state index contributed by atoms with van der Waals surface area (Å²) in [5.74, 6) is 1.19. The van der Waals surface area contributed by atoms with Crippen LogP contribution in [0.3, 0.4) is 0 Å². The molecule has 0 aliphatic carbocycles. The van der Waals surface area contributed by atoms with Gasteiger partial charge < -0.3 is 19.1 Å². The Morgan fingerprint density at radius 3 is 2.72 bits per heavy atom. The minimum Gasteiger partial charge on any atom is -0.383 e. The van der Waals surface area contributed by atoms with E-state index in [-0.39, 0.29) is 5.91 Å². The summed E-state index contributed by atoms with van der Waals surface area (Å²) in [7, 11) is 3.74. The largest absolute Gasteiger partial charge is 0.383 e. The smallest absolute Gasteiger partial charge is 0.255 e. The quantitative estimate of drug-likeness (QED) is 0.561. The topological polar surface area (TPSA) is 89.3 Å². The SMILES string of the molecule is COCCN(C)c1nc(C2CCN(C(=O)c3ccnnc3)CC2)cc2c1ncn2C(C)C. The van der Waals surface area contributed by atoms with Crippen molar-refractivity contribution in [1.29, 1.82) is 0 Å². The average Bonchev–Trinajstić information content (AvgIpc) is 3.26.